The van der Waals surface area contributed by atoms with Gasteiger partial charge in [0.05, 0.1) is 10.7 Å². The van der Waals surface area contributed by atoms with Crippen LogP contribution < -0.4 is 15.8 Å². The molecule has 3 rings (SSSR count). The van der Waals surface area contributed by atoms with Crippen molar-refractivity contribution < 1.29 is 0 Å². The van der Waals surface area contributed by atoms with Gasteiger partial charge in [-0.25, -0.2) is 10.1 Å². The van der Waals surface area contributed by atoms with Crippen LogP contribution in [-0.2, 0) is 13.5 Å². The summed E-state index contributed by atoms with van der Waals surface area (Å²) in [6, 6.07) is 4.19. The second-order valence-electron chi connectivity index (χ2n) is 5.82. The van der Waals surface area contributed by atoms with Gasteiger partial charge in [0, 0.05) is 26.2 Å². The van der Waals surface area contributed by atoms with Crippen LogP contribution in [-0.4, -0.2) is 23.4 Å². The molecule has 1 aliphatic rings. The number of aromatic nitrogens is 2. The summed E-state index contributed by atoms with van der Waals surface area (Å²) in [5.41, 5.74) is 10.9. The zero-order valence-corrected chi connectivity index (χ0v) is 14.3. The third-order valence-corrected chi connectivity index (χ3v) is 4.39. The first kappa shape index (κ1) is 15.2. The molecule has 0 atom stereocenters. The molecule has 0 bridgehead atoms. The van der Waals surface area contributed by atoms with E-state index in [1.54, 1.807) is 0 Å². The van der Waals surface area contributed by atoms with E-state index in [2.05, 4.69) is 35.7 Å². The Balaban J connectivity index is 2.12. The first-order chi connectivity index (χ1) is 10.5. The van der Waals surface area contributed by atoms with Crippen LogP contribution in [0, 0.1) is 13.8 Å². The lowest BCUT2D eigenvalue weighted by molar-refractivity contribution is 0.740. The topological polar surface area (TPSA) is 45.1 Å². The minimum atomic E-state index is 0.791. The summed E-state index contributed by atoms with van der Waals surface area (Å²) in [6.45, 7) is 5.12. The molecule has 1 aromatic heterocycles. The van der Waals surface area contributed by atoms with Gasteiger partial charge in [-0.3, -0.25) is 0 Å². The van der Waals surface area contributed by atoms with Crippen LogP contribution in [0.5, 0.6) is 0 Å². The quantitative estimate of drug-likeness (QED) is 0.852. The summed E-state index contributed by atoms with van der Waals surface area (Å²) in [6.07, 6.45) is 2.10. The SMILES string of the molecule is CNNc1c2c(nn1C)N(c1c(C)cc(C)cc1Cl)CCC2. The minimum Gasteiger partial charge on any atom is -0.323 e. The van der Waals surface area contributed by atoms with E-state index in [0.29, 0.717) is 0 Å². The maximum absolute atomic E-state index is 6.54. The number of rotatable bonds is 3. The summed E-state index contributed by atoms with van der Waals surface area (Å²) in [5.74, 6) is 2.02. The minimum absolute atomic E-state index is 0.791. The van der Waals surface area contributed by atoms with Gasteiger partial charge < -0.3 is 10.3 Å². The molecule has 5 nitrogen and oxygen atoms in total. The van der Waals surface area contributed by atoms with Gasteiger partial charge in [0.2, 0.25) is 0 Å². The molecule has 0 unspecified atom stereocenters. The highest BCUT2D eigenvalue weighted by molar-refractivity contribution is 6.33. The van der Waals surface area contributed by atoms with Crippen molar-refractivity contribution in [3.8, 4) is 0 Å². The Kier molecular flexibility index (Phi) is 4.02. The number of halogens is 1. The van der Waals surface area contributed by atoms with Gasteiger partial charge in [0.25, 0.3) is 0 Å². The van der Waals surface area contributed by atoms with Crippen LogP contribution in [0.1, 0.15) is 23.1 Å². The molecule has 2 aromatic rings. The van der Waals surface area contributed by atoms with Crippen LogP contribution in [0.4, 0.5) is 17.3 Å². The Morgan fingerprint density at radius 3 is 2.73 bits per heavy atom. The number of anilines is 3. The van der Waals surface area contributed by atoms with Gasteiger partial charge in [-0.05, 0) is 43.9 Å². The summed E-state index contributed by atoms with van der Waals surface area (Å²) >= 11 is 6.54. The molecule has 2 heterocycles. The number of hydrogen-bond donors (Lipinski definition) is 2. The van der Waals surface area contributed by atoms with Gasteiger partial charge in [-0.15, -0.1) is 0 Å². The predicted octanol–water partition coefficient (Wildman–Crippen LogP) is 3.32. The van der Waals surface area contributed by atoms with Crippen LogP contribution >= 0.6 is 11.6 Å². The monoisotopic (exact) mass is 319 g/mol. The number of nitrogens with zero attached hydrogens (tertiary/aromatic N) is 3. The molecule has 0 saturated carbocycles. The Morgan fingerprint density at radius 2 is 2.05 bits per heavy atom. The van der Waals surface area contributed by atoms with Gasteiger partial charge in [0.15, 0.2) is 5.82 Å². The molecule has 0 spiro atoms. The third kappa shape index (κ3) is 2.44. The summed E-state index contributed by atoms with van der Waals surface area (Å²) < 4.78 is 1.89. The van der Waals surface area contributed by atoms with Crippen molar-refractivity contribution in [1.29, 1.82) is 0 Å². The Morgan fingerprint density at radius 1 is 1.27 bits per heavy atom. The first-order valence-electron chi connectivity index (χ1n) is 7.56. The zero-order valence-electron chi connectivity index (χ0n) is 13.5. The maximum Gasteiger partial charge on any atom is 0.160 e. The Bertz CT molecular complexity index is 684. The van der Waals surface area contributed by atoms with E-state index in [9.17, 15) is 0 Å². The normalized spacial score (nSPS) is 14.1. The summed E-state index contributed by atoms with van der Waals surface area (Å²) in [4.78, 5) is 2.25. The second-order valence-corrected chi connectivity index (χ2v) is 6.22. The Labute approximate surface area is 136 Å². The zero-order chi connectivity index (χ0) is 15.9. The van der Waals surface area contributed by atoms with E-state index in [0.717, 1.165) is 41.7 Å². The van der Waals surface area contributed by atoms with Crippen LogP contribution in [0.2, 0.25) is 5.02 Å². The number of hydrogen-bond acceptors (Lipinski definition) is 4. The summed E-state index contributed by atoms with van der Waals surface area (Å²) in [5, 5.41) is 5.50. The number of aryl methyl sites for hydroxylation is 3. The van der Waals surface area contributed by atoms with Crippen molar-refractivity contribution in [2.75, 3.05) is 23.9 Å². The highest BCUT2D eigenvalue weighted by atomic mass is 35.5. The standard InChI is InChI=1S/C16H22ClN5/c1-10-8-11(2)14(13(17)9-10)22-7-5-6-12-15(19-18-3)21(4)20-16(12)22/h8-9,18-19H,5-7H2,1-4H3. The molecule has 0 radical (unpaired) electrons. The lowest BCUT2D eigenvalue weighted by Crippen LogP contribution is -2.26. The molecule has 0 aliphatic carbocycles. The fourth-order valence-corrected chi connectivity index (χ4v) is 3.69. The molecule has 0 amide bonds. The predicted molar refractivity (Wildman–Crippen MR) is 92.1 cm³/mol. The first-order valence-corrected chi connectivity index (χ1v) is 7.93. The fourth-order valence-electron chi connectivity index (χ4n) is 3.26. The average Bonchev–Trinajstić information content (AvgIpc) is 2.76. The number of fused-ring (bicyclic) bond motifs is 1. The lowest BCUT2D eigenvalue weighted by Gasteiger charge is -2.30. The van der Waals surface area contributed by atoms with Crippen LogP contribution in [0.3, 0.4) is 0 Å². The molecule has 1 aliphatic heterocycles. The molecular formula is C16H22ClN5. The van der Waals surface area contributed by atoms with E-state index < -0.39 is 0 Å². The van der Waals surface area contributed by atoms with E-state index in [-0.39, 0.29) is 0 Å². The van der Waals surface area contributed by atoms with Crippen molar-refractivity contribution in [3.63, 3.8) is 0 Å². The van der Waals surface area contributed by atoms with Crippen molar-refractivity contribution in [2.24, 2.45) is 7.05 Å². The van der Waals surface area contributed by atoms with E-state index >= 15 is 0 Å². The van der Waals surface area contributed by atoms with Gasteiger partial charge in [0.1, 0.15) is 5.82 Å². The summed E-state index contributed by atoms with van der Waals surface area (Å²) in [7, 11) is 3.82. The molecule has 2 N–H and O–H groups in total. The smallest absolute Gasteiger partial charge is 0.160 e. The molecule has 0 fully saturated rings. The molecule has 1 aromatic carbocycles. The van der Waals surface area contributed by atoms with Crippen molar-refractivity contribution in [3.05, 3.63) is 33.8 Å². The van der Waals surface area contributed by atoms with E-state index in [1.165, 1.54) is 16.7 Å². The molecule has 6 heteroatoms. The highest BCUT2D eigenvalue weighted by Crippen LogP contribution is 2.41. The molecule has 0 saturated heterocycles. The van der Waals surface area contributed by atoms with E-state index in [1.807, 2.05) is 24.8 Å². The Hall–Kier alpha value is -1.72. The number of hydrazine groups is 1. The van der Waals surface area contributed by atoms with E-state index in [4.69, 9.17) is 16.7 Å². The van der Waals surface area contributed by atoms with Crippen molar-refractivity contribution in [2.45, 2.75) is 26.7 Å². The second kappa shape index (κ2) is 5.82. The molecule has 118 valence electrons. The number of benzene rings is 1. The highest BCUT2D eigenvalue weighted by Gasteiger charge is 2.27. The molecule has 22 heavy (non-hydrogen) atoms. The van der Waals surface area contributed by atoms with Crippen molar-refractivity contribution >= 4 is 28.9 Å². The van der Waals surface area contributed by atoms with Crippen LogP contribution in [0.25, 0.3) is 0 Å². The van der Waals surface area contributed by atoms with Gasteiger partial charge in [-0.1, -0.05) is 17.7 Å². The van der Waals surface area contributed by atoms with Crippen molar-refractivity contribution in [1.82, 2.24) is 15.2 Å². The fraction of sp³-hybridized carbons (Fsp3) is 0.438. The van der Waals surface area contributed by atoms with Gasteiger partial charge in [-0.2, -0.15) is 5.10 Å². The average molecular weight is 320 g/mol. The lowest BCUT2D eigenvalue weighted by atomic mass is 10.0. The largest absolute Gasteiger partial charge is 0.323 e. The maximum atomic E-state index is 6.54. The third-order valence-electron chi connectivity index (χ3n) is 4.10. The van der Waals surface area contributed by atoms with Gasteiger partial charge >= 0.3 is 0 Å². The van der Waals surface area contributed by atoms with Crippen LogP contribution in [0.15, 0.2) is 12.1 Å². The number of nitrogens with one attached hydrogen (secondary N) is 2. The molecular weight excluding hydrogens is 298 g/mol.